The minimum Gasteiger partial charge on any atom is -0.465 e. The number of carbonyl (C=O) groups is 1. The van der Waals surface area contributed by atoms with E-state index in [4.69, 9.17) is 33.7 Å². The number of nitrogens with zero attached hydrogens (tertiary/aromatic N) is 4. The first-order valence-electron chi connectivity index (χ1n) is 6.49. The molecule has 7 nitrogen and oxygen atoms in total. The van der Waals surface area contributed by atoms with Crippen LogP contribution in [0.2, 0.25) is 10.0 Å². The van der Waals surface area contributed by atoms with Gasteiger partial charge >= 0.3 is 5.97 Å². The van der Waals surface area contributed by atoms with Gasteiger partial charge in [-0.3, -0.25) is 0 Å². The lowest BCUT2D eigenvalue weighted by molar-refractivity contribution is 0.0599. The molecule has 0 aliphatic heterocycles. The number of ether oxygens (including phenoxy) is 1. The van der Waals surface area contributed by atoms with Gasteiger partial charge in [0.15, 0.2) is 0 Å². The Hall–Kier alpha value is -2.38. The van der Waals surface area contributed by atoms with Gasteiger partial charge in [0, 0.05) is 10.6 Å². The van der Waals surface area contributed by atoms with E-state index < -0.39 is 5.97 Å². The zero-order valence-electron chi connectivity index (χ0n) is 12.2. The molecule has 118 valence electrons. The Morgan fingerprint density at radius 1 is 1.30 bits per heavy atom. The Labute approximate surface area is 141 Å². The van der Waals surface area contributed by atoms with Crippen molar-refractivity contribution in [3.63, 3.8) is 0 Å². The highest BCUT2D eigenvalue weighted by atomic mass is 35.5. The number of benzene rings is 1. The number of aryl methyl sites for hydroxylation is 1. The average molecular weight is 352 g/mol. The lowest BCUT2D eigenvalue weighted by Gasteiger charge is -2.13. The van der Waals surface area contributed by atoms with Crippen LogP contribution in [0.4, 0.5) is 5.95 Å². The van der Waals surface area contributed by atoms with Gasteiger partial charge in [0.1, 0.15) is 5.56 Å². The summed E-state index contributed by atoms with van der Waals surface area (Å²) in [5.74, 6) is -0.272. The van der Waals surface area contributed by atoms with Gasteiger partial charge in [-0.2, -0.15) is 9.50 Å². The number of nitrogens with two attached hydrogens (primary N) is 1. The van der Waals surface area contributed by atoms with Crippen LogP contribution in [0.1, 0.15) is 16.1 Å². The summed E-state index contributed by atoms with van der Waals surface area (Å²) in [6, 6.07) is 4.91. The van der Waals surface area contributed by atoms with Crippen LogP contribution in [-0.4, -0.2) is 32.7 Å². The van der Waals surface area contributed by atoms with Gasteiger partial charge in [-0.15, -0.1) is 5.10 Å². The SMILES string of the molecule is COC(=O)c1c(C)nc2nc(N)nn2c1-c1ccc(Cl)cc1Cl. The third-order valence-corrected chi connectivity index (χ3v) is 3.81. The van der Waals surface area contributed by atoms with Crippen molar-refractivity contribution in [3.8, 4) is 11.3 Å². The van der Waals surface area contributed by atoms with E-state index in [-0.39, 0.29) is 17.3 Å². The first kappa shape index (κ1) is 15.5. The summed E-state index contributed by atoms with van der Waals surface area (Å²) >= 11 is 12.2. The number of methoxy groups -OCH3 is 1. The van der Waals surface area contributed by atoms with E-state index in [1.165, 1.54) is 11.6 Å². The predicted molar refractivity (Wildman–Crippen MR) is 86.7 cm³/mol. The van der Waals surface area contributed by atoms with Crippen LogP contribution >= 0.6 is 23.2 Å². The fourth-order valence-electron chi connectivity index (χ4n) is 2.30. The number of aromatic nitrogens is 4. The first-order chi connectivity index (χ1) is 10.9. The largest absolute Gasteiger partial charge is 0.465 e. The fraction of sp³-hybridized carbons (Fsp3) is 0.143. The number of carbonyl (C=O) groups excluding carboxylic acids is 1. The number of anilines is 1. The molecule has 1 aromatic carbocycles. The molecule has 2 aromatic heterocycles. The molecule has 0 aliphatic carbocycles. The predicted octanol–water partition coefficient (Wildman–Crippen LogP) is 2.78. The molecule has 0 atom stereocenters. The number of hydrogen-bond acceptors (Lipinski definition) is 6. The van der Waals surface area contributed by atoms with E-state index in [2.05, 4.69) is 15.1 Å². The summed E-state index contributed by atoms with van der Waals surface area (Å²) in [6.07, 6.45) is 0. The summed E-state index contributed by atoms with van der Waals surface area (Å²) in [7, 11) is 1.29. The Morgan fingerprint density at radius 2 is 2.04 bits per heavy atom. The smallest absolute Gasteiger partial charge is 0.341 e. The molecule has 0 amide bonds. The van der Waals surface area contributed by atoms with Gasteiger partial charge in [-0.25, -0.2) is 9.78 Å². The highest BCUT2D eigenvalue weighted by Gasteiger charge is 2.24. The third-order valence-electron chi connectivity index (χ3n) is 3.26. The summed E-state index contributed by atoms with van der Waals surface area (Å²) in [5.41, 5.74) is 7.25. The lowest BCUT2D eigenvalue weighted by Crippen LogP contribution is -2.13. The second-order valence-corrected chi connectivity index (χ2v) is 5.56. The standard InChI is InChI=1S/C14H11Cl2N5O2/c1-6-10(12(22)23-2)11(8-4-3-7(15)5-9(8)16)21-14(18-6)19-13(17)20-21/h3-5H,1-2H3,(H2,17,20). The van der Waals surface area contributed by atoms with Crippen LogP contribution in [0, 0.1) is 6.92 Å². The summed E-state index contributed by atoms with van der Waals surface area (Å²) in [5, 5.41) is 4.91. The molecule has 0 saturated carbocycles. The van der Waals surface area contributed by atoms with Gasteiger partial charge in [0.25, 0.3) is 5.78 Å². The molecule has 2 heterocycles. The maximum Gasteiger partial charge on any atom is 0.341 e. The molecule has 0 aliphatic rings. The van der Waals surface area contributed by atoms with Crippen LogP contribution in [-0.2, 0) is 4.74 Å². The van der Waals surface area contributed by atoms with Crippen LogP contribution in [0.3, 0.4) is 0 Å². The van der Waals surface area contributed by atoms with Crippen LogP contribution in [0.15, 0.2) is 18.2 Å². The molecule has 2 N–H and O–H groups in total. The van der Waals surface area contributed by atoms with Gasteiger partial charge in [-0.1, -0.05) is 23.2 Å². The molecule has 9 heteroatoms. The maximum absolute atomic E-state index is 12.2. The Morgan fingerprint density at radius 3 is 2.70 bits per heavy atom. The summed E-state index contributed by atoms with van der Waals surface area (Å²) < 4.78 is 6.22. The van der Waals surface area contributed by atoms with Gasteiger partial charge in [0.05, 0.1) is 23.5 Å². The molecular formula is C14H11Cl2N5O2. The number of fused-ring (bicyclic) bond motifs is 1. The highest BCUT2D eigenvalue weighted by Crippen LogP contribution is 2.34. The number of hydrogen-bond donors (Lipinski definition) is 1. The number of rotatable bonds is 2. The average Bonchev–Trinajstić information content (AvgIpc) is 2.85. The van der Waals surface area contributed by atoms with Crippen molar-refractivity contribution in [1.82, 2.24) is 19.6 Å². The van der Waals surface area contributed by atoms with Crippen LogP contribution < -0.4 is 5.73 Å². The summed E-state index contributed by atoms with van der Waals surface area (Å²) in [4.78, 5) is 20.5. The fourth-order valence-corrected chi connectivity index (χ4v) is 2.80. The number of nitrogen functional groups attached to an aromatic ring is 1. The van der Waals surface area contributed by atoms with E-state index in [1.807, 2.05) is 0 Å². The van der Waals surface area contributed by atoms with Crippen molar-refractivity contribution >= 4 is 40.9 Å². The molecule has 0 bridgehead atoms. The number of esters is 1. The van der Waals surface area contributed by atoms with E-state index >= 15 is 0 Å². The second kappa shape index (κ2) is 5.68. The van der Waals surface area contributed by atoms with E-state index in [9.17, 15) is 4.79 Å². The van der Waals surface area contributed by atoms with Gasteiger partial charge < -0.3 is 10.5 Å². The molecule has 3 aromatic rings. The lowest BCUT2D eigenvalue weighted by atomic mass is 10.0. The molecule has 23 heavy (non-hydrogen) atoms. The Bertz CT molecular complexity index is 939. The quantitative estimate of drug-likeness (QED) is 0.713. The summed E-state index contributed by atoms with van der Waals surface area (Å²) in [6.45, 7) is 1.67. The third kappa shape index (κ3) is 2.58. The minimum absolute atomic E-state index is 0.0326. The van der Waals surface area contributed by atoms with E-state index in [0.29, 0.717) is 27.0 Å². The molecule has 3 rings (SSSR count). The van der Waals surface area contributed by atoms with E-state index in [0.717, 1.165) is 0 Å². The molecule has 0 fully saturated rings. The van der Waals surface area contributed by atoms with Crippen molar-refractivity contribution in [2.24, 2.45) is 0 Å². The van der Waals surface area contributed by atoms with Crippen LogP contribution in [0.5, 0.6) is 0 Å². The zero-order chi connectivity index (χ0) is 16.7. The maximum atomic E-state index is 12.2. The van der Waals surface area contributed by atoms with Crippen molar-refractivity contribution in [1.29, 1.82) is 0 Å². The Balaban J connectivity index is 2.46. The van der Waals surface area contributed by atoms with Crippen molar-refractivity contribution in [3.05, 3.63) is 39.5 Å². The first-order valence-corrected chi connectivity index (χ1v) is 7.24. The monoisotopic (exact) mass is 351 g/mol. The molecule has 0 saturated heterocycles. The van der Waals surface area contributed by atoms with Crippen LogP contribution in [0.25, 0.3) is 17.0 Å². The van der Waals surface area contributed by atoms with Crippen molar-refractivity contribution in [2.75, 3.05) is 12.8 Å². The Kier molecular flexibility index (Phi) is 3.83. The van der Waals surface area contributed by atoms with E-state index in [1.54, 1.807) is 25.1 Å². The molecule has 0 unspecified atom stereocenters. The van der Waals surface area contributed by atoms with Crippen molar-refractivity contribution in [2.45, 2.75) is 6.92 Å². The zero-order valence-corrected chi connectivity index (χ0v) is 13.7. The number of halogens is 2. The van der Waals surface area contributed by atoms with Gasteiger partial charge in [0.2, 0.25) is 5.95 Å². The topological polar surface area (TPSA) is 95.4 Å². The second-order valence-electron chi connectivity index (χ2n) is 4.72. The molecular weight excluding hydrogens is 341 g/mol. The highest BCUT2D eigenvalue weighted by molar-refractivity contribution is 6.36. The molecule has 0 spiro atoms. The van der Waals surface area contributed by atoms with Crippen molar-refractivity contribution < 1.29 is 9.53 Å². The normalized spacial score (nSPS) is 11.0. The molecule has 0 radical (unpaired) electrons. The minimum atomic E-state index is -0.563. The van der Waals surface area contributed by atoms with Gasteiger partial charge in [-0.05, 0) is 25.1 Å².